The molecule has 5 heteroatoms. The van der Waals surface area contributed by atoms with Crippen molar-refractivity contribution >= 4 is 35.6 Å². The van der Waals surface area contributed by atoms with Gasteiger partial charge in [0.15, 0.2) is 0 Å². The van der Waals surface area contributed by atoms with Crippen LogP contribution in [0.4, 0.5) is 0 Å². The number of hydrogen-bond acceptors (Lipinski definition) is 3. The second-order valence-corrected chi connectivity index (χ2v) is 6.46. The first-order valence-corrected chi connectivity index (χ1v) is 8.64. The van der Waals surface area contributed by atoms with Crippen LogP contribution in [-0.4, -0.2) is 23.7 Å². The van der Waals surface area contributed by atoms with Crippen molar-refractivity contribution in [2.45, 2.75) is 31.9 Å². The van der Waals surface area contributed by atoms with Gasteiger partial charge < -0.3 is 10.1 Å². The van der Waals surface area contributed by atoms with Crippen molar-refractivity contribution in [2.24, 2.45) is 0 Å². The Hall–Kier alpha value is -1.81. The van der Waals surface area contributed by atoms with E-state index in [0.29, 0.717) is 6.04 Å². The van der Waals surface area contributed by atoms with Crippen molar-refractivity contribution in [2.75, 3.05) is 6.54 Å². The standard InChI is InChI=1S/C21H22N2O.2ClH/c1-15(21-10-5-11-23-21)24-18-12-17(13-22-14-18)20-9-4-7-16-6-2-3-8-19(16)20;;/h2-4,6-9,12-15,21,23H,5,10-11H2,1H3;2*1H/t15?,21-;;/m0../s1. The number of rotatable bonds is 4. The van der Waals surface area contributed by atoms with E-state index in [0.717, 1.165) is 17.9 Å². The topological polar surface area (TPSA) is 34.1 Å². The van der Waals surface area contributed by atoms with Crippen LogP contribution in [0.3, 0.4) is 0 Å². The largest absolute Gasteiger partial charge is 0.487 e. The Bertz CT molecular complexity index is 845. The van der Waals surface area contributed by atoms with Gasteiger partial charge in [0.2, 0.25) is 0 Å². The Morgan fingerprint density at radius 1 is 1.08 bits per heavy atom. The molecule has 26 heavy (non-hydrogen) atoms. The zero-order valence-electron chi connectivity index (χ0n) is 14.7. The fourth-order valence-corrected chi connectivity index (χ4v) is 3.52. The maximum Gasteiger partial charge on any atom is 0.138 e. The van der Waals surface area contributed by atoms with Crippen LogP contribution in [0, 0.1) is 0 Å². The molecule has 0 bridgehead atoms. The van der Waals surface area contributed by atoms with Crippen molar-refractivity contribution in [3.05, 3.63) is 60.9 Å². The van der Waals surface area contributed by atoms with Crippen LogP contribution < -0.4 is 10.1 Å². The molecule has 3 aromatic rings. The molecule has 0 radical (unpaired) electrons. The molecule has 0 saturated carbocycles. The van der Waals surface area contributed by atoms with E-state index in [2.05, 4.69) is 65.8 Å². The number of ether oxygens (including phenoxy) is 1. The van der Waals surface area contributed by atoms with Gasteiger partial charge in [0.25, 0.3) is 0 Å². The number of pyridine rings is 1. The van der Waals surface area contributed by atoms with E-state index in [-0.39, 0.29) is 30.9 Å². The highest BCUT2D eigenvalue weighted by atomic mass is 35.5. The summed E-state index contributed by atoms with van der Waals surface area (Å²) in [4.78, 5) is 4.40. The van der Waals surface area contributed by atoms with Crippen LogP contribution in [0.5, 0.6) is 5.75 Å². The minimum absolute atomic E-state index is 0. The molecule has 2 atom stereocenters. The molecule has 1 aliphatic rings. The Balaban J connectivity index is 0.00000121. The van der Waals surface area contributed by atoms with Crippen LogP contribution in [0.2, 0.25) is 0 Å². The molecule has 1 aromatic heterocycles. The lowest BCUT2D eigenvalue weighted by molar-refractivity contribution is 0.179. The number of halogens is 2. The van der Waals surface area contributed by atoms with Gasteiger partial charge in [0.05, 0.1) is 6.20 Å². The molecule has 1 fully saturated rings. The maximum absolute atomic E-state index is 6.15. The molecule has 1 unspecified atom stereocenters. The van der Waals surface area contributed by atoms with Crippen LogP contribution in [0.15, 0.2) is 60.9 Å². The van der Waals surface area contributed by atoms with E-state index in [4.69, 9.17) is 4.74 Å². The first kappa shape index (κ1) is 20.5. The van der Waals surface area contributed by atoms with E-state index in [9.17, 15) is 0 Å². The molecule has 0 spiro atoms. The summed E-state index contributed by atoms with van der Waals surface area (Å²) in [6.45, 7) is 3.22. The predicted octanol–water partition coefficient (Wildman–Crippen LogP) is 5.26. The summed E-state index contributed by atoms with van der Waals surface area (Å²) in [6.07, 6.45) is 6.27. The second-order valence-electron chi connectivity index (χ2n) is 6.46. The van der Waals surface area contributed by atoms with Gasteiger partial charge in [0.1, 0.15) is 11.9 Å². The second kappa shape index (κ2) is 9.22. The van der Waals surface area contributed by atoms with E-state index in [1.807, 2.05) is 6.20 Å². The predicted molar refractivity (Wildman–Crippen MR) is 113 cm³/mol. The van der Waals surface area contributed by atoms with Gasteiger partial charge in [-0.2, -0.15) is 0 Å². The molecule has 138 valence electrons. The molecule has 0 aliphatic carbocycles. The normalized spacial score (nSPS) is 17.2. The summed E-state index contributed by atoms with van der Waals surface area (Å²) in [7, 11) is 0. The van der Waals surface area contributed by atoms with Crippen molar-refractivity contribution < 1.29 is 4.74 Å². The molecule has 1 aliphatic heterocycles. The third kappa shape index (κ3) is 4.29. The van der Waals surface area contributed by atoms with Crippen LogP contribution >= 0.6 is 24.8 Å². The van der Waals surface area contributed by atoms with Gasteiger partial charge in [-0.25, -0.2) is 0 Å². The quantitative estimate of drug-likeness (QED) is 0.658. The average Bonchev–Trinajstić information content (AvgIpc) is 3.16. The van der Waals surface area contributed by atoms with Gasteiger partial charge in [-0.3, -0.25) is 4.98 Å². The van der Waals surface area contributed by atoms with Gasteiger partial charge in [-0.1, -0.05) is 42.5 Å². The summed E-state index contributed by atoms with van der Waals surface area (Å²) in [5.74, 6) is 0.835. The number of benzene rings is 2. The van der Waals surface area contributed by atoms with E-state index >= 15 is 0 Å². The fraction of sp³-hybridized carbons (Fsp3) is 0.286. The van der Waals surface area contributed by atoms with Crippen LogP contribution in [-0.2, 0) is 0 Å². The molecular weight excluding hydrogens is 367 g/mol. The number of nitrogens with one attached hydrogen (secondary N) is 1. The SMILES string of the molecule is CC(Oc1cncc(-c2cccc3ccccc23)c1)[C@@H]1CCCN1.Cl.Cl. The van der Waals surface area contributed by atoms with Gasteiger partial charge in [-0.05, 0) is 48.7 Å². The van der Waals surface area contributed by atoms with Crippen LogP contribution in [0.25, 0.3) is 21.9 Å². The molecule has 2 heterocycles. The summed E-state index contributed by atoms with van der Waals surface area (Å²) in [6, 6.07) is 17.4. The molecule has 1 saturated heterocycles. The number of hydrogen-bond donors (Lipinski definition) is 1. The Kier molecular flexibility index (Phi) is 7.27. The lowest BCUT2D eigenvalue weighted by Crippen LogP contribution is -2.36. The molecular formula is C21H24Cl2N2O. The summed E-state index contributed by atoms with van der Waals surface area (Å²) in [5.41, 5.74) is 2.29. The van der Waals surface area contributed by atoms with Gasteiger partial charge in [0, 0.05) is 17.8 Å². The minimum Gasteiger partial charge on any atom is -0.487 e. The maximum atomic E-state index is 6.15. The lowest BCUT2D eigenvalue weighted by atomic mass is 9.99. The number of fused-ring (bicyclic) bond motifs is 1. The van der Waals surface area contributed by atoms with E-state index in [1.165, 1.54) is 29.2 Å². The first-order valence-electron chi connectivity index (χ1n) is 8.64. The molecule has 1 N–H and O–H groups in total. The van der Waals surface area contributed by atoms with Crippen LogP contribution in [0.1, 0.15) is 19.8 Å². The third-order valence-electron chi connectivity index (χ3n) is 4.80. The van der Waals surface area contributed by atoms with Crippen molar-refractivity contribution in [1.82, 2.24) is 10.3 Å². The zero-order chi connectivity index (χ0) is 16.4. The fourth-order valence-electron chi connectivity index (χ4n) is 3.52. The number of aromatic nitrogens is 1. The van der Waals surface area contributed by atoms with E-state index in [1.54, 1.807) is 6.20 Å². The monoisotopic (exact) mass is 390 g/mol. The highest BCUT2D eigenvalue weighted by molar-refractivity contribution is 5.96. The zero-order valence-corrected chi connectivity index (χ0v) is 16.4. The summed E-state index contributed by atoms with van der Waals surface area (Å²) in [5, 5.41) is 5.98. The summed E-state index contributed by atoms with van der Waals surface area (Å²) < 4.78 is 6.15. The highest BCUT2D eigenvalue weighted by Crippen LogP contribution is 2.30. The Labute approximate surface area is 167 Å². The Morgan fingerprint density at radius 3 is 2.69 bits per heavy atom. The smallest absolute Gasteiger partial charge is 0.138 e. The molecule has 2 aromatic carbocycles. The lowest BCUT2D eigenvalue weighted by Gasteiger charge is -2.21. The van der Waals surface area contributed by atoms with Crippen molar-refractivity contribution in [3.8, 4) is 16.9 Å². The molecule has 4 rings (SSSR count). The van der Waals surface area contributed by atoms with Crippen molar-refractivity contribution in [1.29, 1.82) is 0 Å². The van der Waals surface area contributed by atoms with E-state index < -0.39 is 0 Å². The van der Waals surface area contributed by atoms with Crippen molar-refractivity contribution in [3.63, 3.8) is 0 Å². The average molecular weight is 391 g/mol. The number of nitrogens with zero attached hydrogens (tertiary/aromatic N) is 1. The third-order valence-corrected chi connectivity index (χ3v) is 4.80. The van der Waals surface area contributed by atoms with Gasteiger partial charge >= 0.3 is 0 Å². The minimum atomic E-state index is 0. The summed E-state index contributed by atoms with van der Waals surface area (Å²) >= 11 is 0. The Morgan fingerprint density at radius 2 is 1.88 bits per heavy atom. The highest BCUT2D eigenvalue weighted by Gasteiger charge is 2.22. The van der Waals surface area contributed by atoms with Gasteiger partial charge in [-0.15, -0.1) is 24.8 Å². The molecule has 3 nitrogen and oxygen atoms in total. The molecule has 0 amide bonds. The first-order chi connectivity index (χ1) is 11.8.